The zero-order valence-electron chi connectivity index (χ0n) is 18.8. The number of halogens is 1. The SMILES string of the molecule is Cc1ccnc(C(=O)Nc2cccc([C@]3(C)CC(=O)N([C@@H]4CCO[C@H](C)C4)C(N)=N3)c2Cl)n1. The lowest BCUT2D eigenvalue weighted by Crippen LogP contribution is -2.56. The maximum Gasteiger partial charge on any atom is 0.293 e. The fourth-order valence-electron chi connectivity index (χ4n) is 4.39. The van der Waals surface area contributed by atoms with Gasteiger partial charge < -0.3 is 15.8 Å². The molecule has 2 aliphatic rings. The van der Waals surface area contributed by atoms with Gasteiger partial charge in [0.05, 0.1) is 28.8 Å². The Hall–Kier alpha value is -3.04. The summed E-state index contributed by atoms with van der Waals surface area (Å²) in [5, 5.41) is 3.04. The highest BCUT2D eigenvalue weighted by Gasteiger charge is 2.42. The molecule has 9 nitrogen and oxygen atoms in total. The highest BCUT2D eigenvalue weighted by molar-refractivity contribution is 6.34. The number of anilines is 1. The van der Waals surface area contributed by atoms with Crippen LogP contribution in [0.2, 0.25) is 5.02 Å². The minimum absolute atomic E-state index is 0.0371. The van der Waals surface area contributed by atoms with Gasteiger partial charge in [-0.25, -0.2) is 15.0 Å². The molecule has 33 heavy (non-hydrogen) atoms. The van der Waals surface area contributed by atoms with E-state index in [2.05, 4.69) is 15.3 Å². The first-order chi connectivity index (χ1) is 15.7. The number of aryl methyl sites for hydroxylation is 1. The van der Waals surface area contributed by atoms with Crippen molar-refractivity contribution in [2.45, 2.75) is 57.7 Å². The molecule has 1 aromatic carbocycles. The van der Waals surface area contributed by atoms with Gasteiger partial charge in [-0.05, 0) is 45.7 Å². The standard InChI is InChI=1S/C23H27ClN6O3/c1-13-7-9-26-20(27-13)21(32)28-17-6-4-5-16(19(17)24)23(3)12-18(31)30(22(25)29-23)15-8-10-33-14(2)11-15/h4-7,9,14-15H,8,10-12H2,1-3H3,(H2,25,29)(H,28,32)/t14-,15-,23+/m1/s1. The number of rotatable bonds is 4. The molecule has 1 aromatic heterocycles. The van der Waals surface area contributed by atoms with Gasteiger partial charge in [0.15, 0.2) is 5.96 Å². The van der Waals surface area contributed by atoms with Crippen molar-refractivity contribution in [2.75, 3.05) is 11.9 Å². The monoisotopic (exact) mass is 470 g/mol. The van der Waals surface area contributed by atoms with Gasteiger partial charge >= 0.3 is 0 Å². The van der Waals surface area contributed by atoms with Crippen LogP contribution in [0.25, 0.3) is 0 Å². The number of nitrogens with one attached hydrogen (secondary N) is 1. The van der Waals surface area contributed by atoms with Crippen molar-refractivity contribution in [3.63, 3.8) is 0 Å². The highest BCUT2D eigenvalue weighted by atomic mass is 35.5. The summed E-state index contributed by atoms with van der Waals surface area (Å²) < 4.78 is 5.60. The van der Waals surface area contributed by atoms with Crippen LogP contribution in [0.5, 0.6) is 0 Å². The molecule has 2 aromatic rings. The second-order valence-electron chi connectivity index (χ2n) is 8.69. The summed E-state index contributed by atoms with van der Waals surface area (Å²) >= 11 is 6.69. The molecule has 10 heteroatoms. The Kier molecular flexibility index (Phi) is 6.36. The number of guanidine groups is 1. The zero-order valence-corrected chi connectivity index (χ0v) is 19.6. The molecule has 0 spiro atoms. The molecule has 4 rings (SSSR count). The molecule has 2 amide bonds. The maximum absolute atomic E-state index is 13.2. The van der Waals surface area contributed by atoms with Crippen molar-refractivity contribution in [1.82, 2.24) is 14.9 Å². The molecule has 0 aliphatic carbocycles. The lowest BCUT2D eigenvalue weighted by atomic mass is 9.86. The average Bonchev–Trinajstić information content (AvgIpc) is 2.74. The molecule has 3 heterocycles. The van der Waals surface area contributed by atoms with E-state index >= 15 is 0 Å². The van der Waals surface area contributed by atoms with Crippen LogP contribution in [0.15, 0.2) is 35.5 Å². The van der Waals surface area contributed by atoms with Crippen LogP contribution in [0.4, 0.5) is 5.69 Å². The molecular formula is C23H27ClN6O3. The quantitative estimate of drug-likeness (QED) is 0.708. The predicted octanol–water partition coefficient (Wildman–Crippen LogP) is 3.02. The zero-order chi connectivity index (χ0) is 23.8. The Bertz CT molecular complexity index is 1120. The molecule has 2 aliphatic heterocycles. The van der Waals surface area contributed by atoms with E-state index in [1.54, 1.807) is 36.1 Å². The molecular weight excluding hydrogens is 444 g/mol. The van der Waals surface area contributed by atoms with Gasteiger partial charge in [-0.3, -0.25) is 14.5 Å². The van der Waals surface area contributed by atoms with Crippen molar-refractivity contribution < 1.29 is 14.3 Å². The van der Waals surface area contributed by atoms with E-state index < -0.39 is 11.4 Å². The van der Waals surface area contributed by atoms with E-state index in [0.717, 1.165) is 0 Å². The fourth-order valence-corrected chi connectivity index (χ4v) is 4.77. The predicted molar refractivity (Wildman–Crippen MR) is 125 cm³/mol. The summed E-state index contributed by atoms with van der Waals surface area (Å²) in [5.41, 5.74) is 7.00. The molecule has 1 fully saturated rings. The number of benzene rings is 1. The van der Waals surface area contributed by atoms with Crippen LogP contribution in [0.1, 0.15) is 55.0 Å². The Morgan fingerprint density at radius 1 is 1.36 bits per heavy atom. The van der Waals surface area contributed by atoms with E-state index in [4.69, 9.17) is 27.1 Å². The van der Waals surface area contributed by atoms with Gasteiger partial charge in [-0.15, -0.1) is 0 Å². The van der Waals surface area contributed by atoms with Crippen molar-refractivity contribution in [3.8, 4) is 0 Å². The first-order valence-corrected chi connectivity index (χ1v) is 11.2. The van der Waals surface area contributed by atoms with E-state index in [1.807, 2.05) is 13.8 Å². The van der Waals surface area contributed by atoms with E-state index in [0.29, 0.717) is 41.4 Å². The summed E-state index contributed by atoms with van der Waals surface area (Å²) in [6.07, 6.45) is 3.11. The second-order valence-corrected chi connectivity index (χ2v) is 9.06. The number of carbonyl (C=O) groups is 2. The molecule has 0 unspecified atom stereocenters. The number of ether oxygens (including phenoxy) is 1. The van der Waals surface area contributed by atoms with Gasteiger partial charge in [0.1, 0.15) is 0 Å². The number of nitrogens with two attached hydrogens (primary N) is 1. The number of hydrogen-bond donors (Lipinski definition) is 2. The number of aromatic nitrogens is 2. The molecule has 1 saturated heterocycles. The Morgan fingerprint density at radius 2 is 2.15 bits per heavy atom. The number of nitrogens with zero attached hydrogens (tertiary/aromatic N) is 4. The van der Waals surface area contributed by atoms with Crippen molar-refractivity contribution in [3.05, 3.63) is 52.6 Å². The van der Waals surface area contributed by atoms with Crippen LogP contribution in [0.3, 0.4) is 0 Å². The van der Waals surface area contributed by atoms with E-state index in [-0.39, 0.29) is 36.3 Å². The molecule has 3 atom stereocenters. The first kappa shape index (κ1) is 23.1. The summed E-state index contributed by atoms with van der Waals surface area (Å²) in [6.45, 7) is 6.16. The number of hydrogen-bond acceptors (Lipinski definition) is 7. The first-order valence-electron chi connectivity index (χ1n) is 10.9. The van der Waals surface area contributed by atoms with Crippen LogP contribution in [0, 0.1) is 6.92 Å². The molecule has 0 saturated carbocycles. The number of aliphatic imine (C=N–C) groups is 1. The van der Waals surface area contributed by atoms with Crippen LogP contribution in [-0.4, -0.2) is 51.4 Å². The van der Waals surface area contributed by atoms with Gasteiger partial charge in [0.25, 0.3) is 5.91 Å². The van der Waals surface area contributed by atoms with Crippen molar-refractivity contribution in [2.24, 2.45) is 10.7 Å². The van der Waals surface area contributed by atoms with Crippen molar-refractivity contribution in [1.29, 1.82) is 0 Å². The van der Waals surface area contributed by atoms with Gasteiger partial charge in [0, 0.05) is 30.1 Å². The Balaban J connectivity index is 1.61. The van der Waals surface area contributed by atoms with Gasteiger partial charge in [-0.1, -0.05) is 23.7 Å². The van der Waals surface area contributed by atoms with Crippen LogP contribution < -0.4 is 11.1 Å². The third-order valence-electron chi connectivity index (χ3n) is 6.02. The van der Waals surface area contributed by atoms with Gasteiger partial charge in [-0.2, -0.15) is 0 Å². The molecule has 0 radical (unpaired) electrons. The van der Waals surface area contributed by atoms with Gasteiger partial charge in [0.2, 0.25) is 11.7 Å². The minimum atomic E-state index is -0.966. The summed E-state index contributed by atoms with van der Waals surface area (Å²) in [6, 6.07) is 6.89. The summed E-state index contributed by atoms with van der Waals surface area (Å²) in [4.78, 5) is 40.2. The largest absolute Gasteiger partial charge is 0.378 e. The van der Waals surface area contributed by atoms with Crippen molar-refractivity contribution >= 4 is 35.1 Å². The topological polar surface area (TPSA) is 123 Å². The average molecular weight is 471 g/mol. The lowest BCUT2D eigenvalue weighted by molar-refractivity contribution is -0.133. The highest BCUT2D eigenvalue weighted by Crippen LogP contribution is 2.41. The molecule has 174 valence electrons. The minimum Gasteiger partial charge on any atom is -0.378 e. The summed E-state index contributed by atoms with van der Waals surface area (Å²) in [7, 11) is 0. The molecule has 0 bridgehead atoms. The van der Waals surface area contributed by atoms with Crippen LogP contribution in [-0.2, 0) is 15.1 Å². The van der Waals surface area contributed by atoms with Crippen LogP contribution >= 0.6 is 11.6 Å². The van der Waals surface area contributed by atoms with E-state index in [9.17, 15) is 9.59 Å². The second kappa shape index (κ2) is 9.07. The Morgan fingerprint density at radius 3 is 2.85 bits per heavy atom. The smallest absolute Gasteiger partial charge is 0.293 e. The number of carbonyl (C=O) groups excluding carboxylic acids is 2. The third kappa shape index (κ3) is 4.69. The number of amides is 2. The van der Waals surface area contributed by atoms with E-state index in [1.165, 1.54) is 6.20 Å². The normalized spacial score (nSPS) is 25.5. The third-order valence-corrected chi connectivity index (χ3v) is 6.43. The lowest BCUT2D eigenvalue weighted by Gasteiger charge is -2.41. The molecule has 3 N–H and O–H groups in total. The Labute approximate surface area is 197 Å². The maximum atomic E-state index is 13.2. The summed E-state index contributed by atoms with van der Waals surface area (Å²) in [5.74, 6) is -0.376. The fraction of sp³-hybridized carbons (Fsp3) is 0.435.